The number of amides is 2. The zero-order chi connectivity index (χ0) is 17.9. The number of pyridine rings is 1. The van der Waals surface area contributed by atoms with Crippen molar-refractivity contribution in [2.24, 2.45) is 0 Å². The number of carbonyl (C=O) groups excluding carboxylic acids is 2. The van der Waals surface area contributed by atoms with Gasteiger partial charge >= 0.3 is 0 Å². The molecule has 0 radical (unpaired) electrons. The molecule has 0 spiro atoms. The summed E-state index contributed by atoms with van der Waals surface area (Å²) < 4.78 is 0. The van der Waals surface area contributed by atoms with Gasteiger partial charge in [0.25, 0.3) is 0 Å². The molecule has 2 aromatic rings. The van der Waals surface area contributed by atoms with Crippen LogP contribution in [0.15, 0.2) is 54.7 Å². The second-order valence-electron chi connectivity index (χ2n) is 5.97. The first-order chi connectivity index (χ1) is 12.2. The second kappa shape index (κ2) is 10.2. The molecule has 1 atom stereocenters. The molecule has 0 aliphatic rings. The van der Waals surface area contributed by atoms with E-state index in [1.54, 1.807) is 6.20 Å². The minimum atomic E-state index is -0.258. The van der Waals surface area contributed by atoms with E-state index < -0.39 is 0 Å². The lowest BCUT2D eigenvalue weighted by atomic mass is 9.93. The molecule has 1 aromatic carbocycles. The highest BCUT2D eigenvalue weighted by atomic mass is 16.2. The first-order valence-electron chi connectivity index (χ1n) is 8.64. The fourth-order valence-corrected chi connectivity index (χ4v) is 2.62. The Balaban J connectivity index is 1.91. The Labute approximate surface area is 148 Å². The Morgan fingerprint density at radius 2 is 1.64 bits per heavy atom. The summed E-state index contributed by atoms with van der Waals surface area (Å²) in [4.78, 5) is 27.8. The molecule has 0 saturated heterocycles. The second-order valence-corrected chi connectivity index (χ2v) is 5.97. The van der Waals surface area contributed by atoms with Crippen molar-refractivity contribution in [2.45, 2.75) is 32.1 Å². The van der Waals surface area contributed by atoms with Gasteiger partial charge < -0.3 is 10.6 Å². The fourth-order valence-electron chi connectivity index (χ4n) is 2.62. The Kier molecular flexibility index (Phi) is 7.63. The maximum absolute atomic E-state index is 12.7. The molecule has 2 N–H and O–H groups in total. The van der Waals surface area contributed by atoms with Crippen LogP contribution in [0.5, 0.6) is 0 Å². The number of nitrogens with one attached hydrogen (secondary N) is 2. The summed E-state index contributed by atoms with van der Waals surface area (Å²) in [5, 5.41) is 5.77. The minimum absolute atomic E-state index is 0.0105. The van der Waals surface area contributed by atoms with E-state index in [-0.39, 0.29) is 17.7 Å². The number of hydrogen-bond acceptors (Lipinski definition) is 3. The molecule has 2 amide bonds. The van der Waals surface area contributed by atoms with E-state index in [2.05, 4.69) is 15.6 Å². The molecule has 1 unspecified atom stereocenters. The van der Waals surface area contributed by atoms with E-state index in [1.807, 2.05) is 48.5 Å². The van der Waals surface area contributed by atoms with Gasteiger partial charge in [0, 0.05) is 38.3 Å². The fraction of sp³-hybridized carbons (Fsp3) is 0.350. The third-order valence-electron chi connectivity index (χ3n) is 3.93. The molecule has 0 saturated carbocycles. The van der Waals surface area contributed by atoms with Crippen LogP contribution in [0.3, 0.4) is 0 Å². The molecular formula is C20H25N3O2. The first kappa shape index (κ1) is 18.6. The quantitative estimate of drug-likeness (QED) is 0.689. The van der Waals surface area contributed by atoms with Gasteiger partial charge in [-0.05, 0) is 30.5 Å². The number of carbonyl (C=O) groups is 2. The highest BCUT2D eigenvalue weighted by molar-refractivity contribution is 5.83. The Bertz CT molecular complexity index is 659. The SMILES string of the molecule is CC(=O)NCCCCNC(=O)C(Cc1ccccn1)c1ccccc1. The third-order valence-corrected chi connectivity index (χ3v) is 3.93. The summed E-state index contributed by atoms with van der Waals surface area (Å²) in [5.41, 5.74) is 1.89. The summed E-state index contributed by atoms with van der Waals surface area (Å²) in [6.07, 6.45) is 3.99. The lowest BCUT2D eigenvalue weighted by molar-refractivity contribution is -0.122. The van der Waals surface area contributed by atoms with Gasteiger partial charge in [-0.1, -0.05) is 36.4 Å². The average Bonchev–Trinajstić information content (AvgIpc) is 2.63. The van der Waals surface area contributed by atoms with Crippen LogP contribution in [0.4, 0.5) is 0 Å². The van der Waals surface area contributed by atoms with E-state index >= 15 is 0 Å². The summed E-state index contributed by atoms with van der Waals surface area (Å²) in [5.74, 6) is -0.272. The molecule has 5 nitrogen and oxygen atoms in total. The maximum atomic E-state index is 12.7. The zero-order valence-electron chi connectivity index (χ0n) is 14.6. The van der Waals surface area contributed by atoms with Crippen LogP contribution in [0.2, 0.25) is 0 Å². The zero-order valence-corrected chi connectivity index (χ0v) is 14.6. The van der Waals surface area contributed by atoms with Crippen LogP contribution in [0.1, 0.15) is 36.9 Å². The van der Waals surface area contributed by atoms with Crippen LogP contribution < -0.4 is 10.6 Å². The molecule has 132 valence electrons. The smallest absolute Gasteiger partial charge is 0.227 e. The van der Waals surface area contributed by atoms with Crippen molar-refractivity contribution in [1.29, 1.82) is 0 Å². The van der Waals surface area contributed by atoms with Crippen molar-refractivity contribution in [2.75, 3.05) is 13.1 Å². The summed E-state index contributed by atoms with van der Waals surface area (Å²) in [6.45, 7) is 2.75. The van der Waals surface area contributed by atoms with Crippen molar-refractivity contribution in [1.82, 2.24) is 15.6 Å². The van der Waals surface area contributed by atoms with E-state index in [0.717, 1.165) is 24.1 Å². The lowest BCUT2D eigenvalue weighted by Gasteiger charge is -2.17. The summed E-state index contributed by atoms with van der Waals surface area (Å²) in [7, 11) is 0. The molecule has 0 aliphatic heterocycles. The number of hydrogen-bond donors (Lipinski definition) is 2. The molecule has 1 aromatic heterocycles. The van der Waals surface area contributed by atoms with E-state index in [4.69, 9.17) is 0 Å². The van der Waals surface area contributed by atoms with Gasteiger partial charge in [0.05, 0.1) is 5.92 Å². The van der Waals surface area contributed by atoms with Gasteiger partial charge in [-0.3, -0.25) is 14.6 Å². The number of nitrogens with zero attached hydrogens (tertiary/aromatic N) is 1. The number of aromatic nitrogens is 1. The van der Waals surface area contributed by atoms with Gasteiger partial charge in [-0.25, -0.2) is 0 Å². The average molecular weight is 339 g/mol. The van der Waals surface area contributed by atoms with Crippen molar-refractivity contribution in [3.63, 3.8) is 0 Å². The molecule has 0 fully saturated rings. The molecule has 1 heterocycles. The number of rotatable bonds is 9. The normalized spacial score (nSPS) is 11.6. The largest absolute Gasteiger partial charge is 0.356 e. The van der Waals surface area contributed by atoms with Gasteiger partial charge in [0.2, 0.25) is 11.8 Å². The molecule has 5 heteroatoms. The monoisotopic (exact) mass is 339 g/mol. The highest BCUT2D eigenvalue weighted by Gasteiger charge is 2.21. The highest BCUT2D eigenvalue weighted by Crippen LogP contribution is 2.20. The molecule has 0 bridgehead atoms. The molecule has 0 aliphatic carbocycles. The van der Waals surface area contributed by atoms with Crippen LogP contribution >= 0.6 is 0 Å². The van der Waals surface area contributed by atoms with Gasteiger partial charge in [0.1, 0.15) is 0 Å². The van der Waals surface area contributed by atoms with Crippen LogP contribution in [0, 0.1) is 0 Å². The van der Waals surface area contributed by atoms with Gasteiger partial charge in [0.15, 0.2) is 0 Å². The van der Waals surface area contributed by atoms with E-state index in [9.17, 15) is 9.59 Å². The standard InChI is InChI=1S/C20H25N3O2/c1-16(24)21-12-7-8-14-23-20(25)19(17-9-3-2-4-10-17)15-18-11-5-6-13-22-18/h2-6,9-11,13,19H,7-8,12,14-15H2,1H3,(H,21,24)(H,23,25). The topological polar surface area (TPSA) is 71.1 Å². The lowest BCUT2D eigenvalue weighted by Crippen LogP contribution is -2.32. The summed E-state index contributed by atoms with van der Waals surface area (Å²) >= 11 is 0. The van der Waals surface area contributed by atoms with E-state index in [1.165, 1.54) is 6.92 Å². The van der Waals surface area contributed by atoms with Crippen LogP contribution in [-0.2, 0) is 16.0 Å². The number of unbranched alkanes of at least 4 members (excludes halogenated alkanes) is 1. The molecule has 2 rings (SSSR count). The Hall–Kier alpha value is -2.69. The van der Waals surface area contributed by atoms with Crippen molar-refractivity contribution in [3.05, 3.63) is 66.0 Å². The van der Waals surface area contributed by atoms with Crippen molar-refractivity contribution < 1.29 is 9.59 Å². The van der Waals surface area contributed by atoms with Gasteiger partial charge in [-0.2, -0.15) is 0 Å². The first-order valence-corrected chi connectivity index (χ1v) is 8.64. The molecular weight excluding hydrogens is 314 g/mol. The van der Waals surface area contributed by atoms with Gasteiger partial charge in [-0.15, -0.1) is 0 Å². The molecule has 25 heavy (non-hydrogen) atoms. The Morgan fingerprint density at radius 3 is 2.28 bits per heavy atom. The van der Waals surface area contributed by atoms with Crippen molar-refractivity contribution >= 4 is 11.8 Å². The summed E-state index contributed by atoms with van der Waals surface area (Å²) in [6, 6.07) is 15.5. The number of benzene rings is 1. The third kappa shape index (κ3) is 6.75. The predicted octanol–water partition coefficient (Wildman–Crippen LogP) is 2.44. The predicted molar refractivity (Wildman–Crippen MR) is 98.1 cm³/mol. The maximum Gasteiger partial charge on any atom is 0.227 e. The Morgan fingerprint density at radius 1 is 0.960 bits per heavy atom. The van der Waals surface area contributed by atoms with Crippen LogP contribution in [-0.4, -0.2) is 29.9 Å². The van der Waals surface area contributed by atoms with E-state index in [0.29, 0.717) is 19.5 Å². The van der Waals surface area contributed by atoms with Crippen molar-refractivity contribution in [3.8, 4) is 0 Å². The minimum Gasteiger partial charge on any atom is -0.356 e. The van der Waals surface area contributed by atoms with Crippen LogP contribution in [0.25, 0.3) is 0 Å².